The van der Waals surface area contributed by atoms with E-state index in [0.717, 1.165) is 60.0 Å². The number of amides is 1. The van der Waals surface area contributed by atoms with Gasteiger partial charge in [-0.1, -0.05) is 0 Å². The summed E-state index contributed by atoms with van der Waals surface area (Å²) in [6.45, 7) is 9.51. The summed E-state index contributed by atoms with van der Waals surface area (Å²) in [5.41, 5.74) is 2.87. The number of carboxylic acid groups (broad SMARTS) is 1. The van der Waals surface area contributed by atoms with E-state index >= 15 is 0 Å². The van der Waals surface area contributed by atoms with Crippen LogP contribution < -0.4 is 16.0 Å². The van der Waals surface area contributed by atoms with Crippen LogP contribution in [0.2, 0.25) is 0 Å². The molecule has 0 saturated carbocycles. The molecule has 3 heterocycles. The van der Waals surface area contributed by atoms with Gasteiger partial charge in [-0.2, -0.15) is 0 Å². The first-order valence-corrected chi connectivity index (χ1v) is 9.90. The summed E-state index contributed by atoms with van der Waals surface area (Å²) in [6, 6.07) is 5.32. The van der Waals surface area contributed by atoms with E-state index in [1.807, 2.05) is 6.07 Å². The van der Waals surface area contributed by atoms with Crippen molar-refractivity contribution in [2.24, 2.45) is 7.05 Å². The summed E-state index contributed by atoms with van der Waals surface area (Å²) < 4.78 is 2.60. The van der Waals surface area contributed by atoms with Crippen LogP contribution in [-0.2, 0) is 13.5 Å². The molecule has 152 valence electrons. The van der Waals surface area contributed by atoms with Crippen molar-refractivity contribution in [3.63, 3.8) is 0 Å². The number of pyridine rings is 2. The Labute approximate surface area is 165 Å². The molecule has 1 fully saturated rings. The smallest absolute Gasteiger partial charge is 0.250 e. The summed E-state index contributed by atoms with van der Waals surface area (Å²) >= 11 is 0. The highest BCUT2D eigenvalue weighted by atomic mass is 16.4. The Hall–Kier alpha value is -2.41. The second kappa shape index (κ2) is 7.54. The van der Waals surface area contributed by atoms with Gasteiger partial charge in [0.1, 0.15) is 6.09 Å². The number of aryl methyl sites for hydroxylation is 1. The molecule has 1 aliphatic heterocycles. The molecule has 7 heteroatoms. The minimum absolute atomic E-state index is 0.0267. The first-order chi connectivity index (χ1) is 13.1. The fraction of sp³-hybridized carbons (Fsp3) is 0.571. The normalized spacial score (nSPS) is 22.9. The third-order valence-corrected chi connectivity index (χ3v) is 6.45. The Kier molecular flexibility index (Phi) is 5.48. The van der Waals surface area contributed by atoms with Gasteiger partial charge in [-0.15, -0.1) is 0 Å². The molecule has 1 aliphatic rings. The number of quaternary nitrogens is 1. The van der Waals surface area contributed by atoms with Gasteiger partial charge in [-0.3, -0.25) is 9.78 Å². The molecule has 28 heavy (non-hydrogen) atoms. The Morgan fingerprint density at radius 3 is 2.57 bits per heavy atom. The molecule has 0 atom stereocenters. The van der Waals surface area contributed by atoms with Crippen LogP contribution in [-0.4, -0.2) is 51.3 Å². The molecule has 7 nitrogen and oxygen atoms in total. The molecule has 0 spiro atoms. The molecule has 3 rings (SSSR count). The van der Waals surface area contributed by atoms with Crippen molar-refractivity contribution in [3.05, 3.63) is 40.3 Å². The lowest BCUT2D eigenvalue weighted by molar-refractivity contribution is -0.974. The molecule has 1 amide bonds. The summed E-state index contributed by atoms with van der Waals surface area (Å²) in [5.74, 6) is 0. The predicted octanol–water partition coefficient (Wildman–Crippen LogP) is 1.19. The zero-order valence-electron chi connectivity index (χ0n) is 17.2. The Balaban J connectivity index is 1.85. The molecular weight excluding hydrogens is 356 g/mol. The lowest BCUT2D eigenvalue weighted by atomic mass is 9.92. The Morgan fingerprint density at radius 2 is 1.96 bits per heavy atom. The number of aromatic nitrogens is 2. The van der Waals surface area contributed by atoms with Gasteiger partial charge in [0, 0.05) is 44.6 Å². The second-order valence-corrected chi connectivity index (χ2v) is 8.88. The van der Waals surface area contributed by atoms with Gasteiger partial charge in [-0.25, -0.2) is 0 Å². The fourth-order valence-corrected chi connectivity index (χ4v) is 4.53. The number of hydrogen-bond donors (Lipinski definition) is 1. The minimum Gasteiger partial charge on any atom is -0.530 e. The number of fused-ring (bicyclic) bond motifs is 1. The van der Waals surface area contributed by atoms with E-state index < -0.39 is 6.09 Å². The topological polar surface area (TPSA) is 87.0 Å². The third-order valence-electron chi connectivity index (χ3n) is 6.45. The molecule has 0 unspecified atom stereocenters. The minimum atomic E-state index is -1.19. The highest BCUT2D eigenvalue weighted by Crippen LogP contribution is 2.31. The van der Waals surface area contributed by atoms with Gasteiger partial charge in [0.05, 0.1) is 36.2 Å². The maximum atomic E-state index is 12.1. The van der Waals surface area contributed by atoms with E-state index in [1.165, 1.54) is 0 Å². The molecule has 1 N–H and O–H groups in total. The molecule has 1 saturated heterocycles. The van der Waals surface area contributed by atoms with Gasteiger partial charge in [-0.05, 0) is 38.5 Å². The molecule has 0 radical (unpaired) electrons. The van der Waals surface area contributed by atoms with E-state index in [2.05, 4.69) is 31.1 Å². The molecule has 0 aliphatic carbocycles. The lowest BCUT2D eigenvalue weighted by Gasteiger charge is -2.52. The average molecular weight is 386 g/mol. The number of hydrogen-bond acceptors (Lipinski definition) is 4. The first kappa shape index (κ1) is 20.3. The van der Waals surface area contributed by atoms with Gasteiger partial charge in [0.2, 0.25) is 0 Å². The number of carbonyl (C=O) groups is 1. The fourth-order valence-electron chi connectivity index (χ4n) is 4.53. The predicted molar refractivity (Wildman–Crippen MR) is 107 cm³/mol. The average Bonchev–Trinajstić information content (AvgIpc) is 2.63. The van der Waals surface area contributed by atoms with Crippen molar-refractivity contribution in [1.82, 2.24) is 14.9 Å². The highest BCUT2D eigenvalue weighted by Gasteiger charge is 2.43. The summed E-state index contributed by atoms with van der Waals surface area (Å²) in [6.07, 6.45) is 3.07. The maximum Gasteiger partial charge on any atom is 0.250 e. The number of piperidine rings is 1. The maximum absolute atomic E-state index is 12.1. The van der Waals surface area contributed by atoms with Crippen molar-refractivity contribution in [2.75, 3.05) is 19.6 Å². The zero-order chi connectivity index (χ0) is 20.5. The molecule has 0 bridgehead atoms. The van der Waals surface area contributed by atoms with Crippen molar-refractivity contribution < 1.29 is 14.4 Å². The van der Waals surface area contributed by atoms with Gasteiger partial charge in [0.25, 0.3) is 5.56 Å². The van der Waals surface area contributed by atoms with Crippen molar-refractivity contribution in [2.45, 2.75) is 51.6 Å². The van der Waals surface area contributed by atoms with Gasteiger partial charge < -0.3 is 24.3 Å². The highest BCUT2D eigenvalue weighted by molar-refractivity contribution is 5.78. The van der Waals surface area contributed by atoms with E-state index in [4.69, 9.17) is 0 Å². The standard InChI is InChI=1S/C21H30N4O3/c1-21(2,3)25(13-9-16(10-14-25)23-20(27)28)12-8-15-7-11-22-17-5-6-18(26)24(4)19(15)17/h5-7,11,16,23H,8-10,12-14H2,1-4H3. The number of rotatable bonds is 4. The van der Waals surface area contributed by atoms with E-state index in [-0.39, 0.29) is 17.1 Å². The molecule has 0 aromatic carbocycles. The lowest BCUT2D eigenvalue weighted by Crippen LogP contribution is -2.66. The van der Waals surface area contributed by atoms with Crippen LogP contribution in [0.3, 0.4) is 0 Å². The monoisotopic (exact) mass is 386 g/mol. The van der Waals surface area contributed by atoms with Gasteiger partial charge in [0.15, 0.2) is 0 Å². The number of carbonyl (C=O) groups excluding carboxylic acids is 1. The van der Waals surface area contributed by atoms with Crippen LogP contribution in [0.5, 0.6) is 0 Å². The quantitative estimate of drug-likeness (QED) is 0.800. The number of likely N-dealkylation sites (tertiary alicyclic amines) is 1. The third kappa shape index (κ3) is 3.90. The van der Waals surface area contributed by atoms with Gasteiger partial charge >= 0.3 is 0 Å². The molecule has 2 aromatic rings. The summed E-state index contributed by atoms with van der Waals surface area (Å²) in [4.78, 5) is 27.4. The van der Waals surface area contributed by atoms with E-state index in [1.54, 1.807) is 29.9 Å². The second-order valence-electron chi connectivity index (χ2n) is 8.88. The van der Waals surface area contributed by atoms with Crippen LogP contribution >= 0.6 is 0 Å². The van der Waals surface area contributed by atoms with Crippen LogP contribution in [0, 0.1) is 0 Å². The van der Waals surface area contributed by atoms with Crippen molar-refractivity contribution in [1.29, 1.82) is 0 Å². The van der Waals surface area contributed by atoms with E-state index in [9.17, 15) is 14.7 Å². The van der Waals surface area contributed by atoms with Crippen LogP contribution in [0.15, 0.2) is 29.2 Å². The summed E-state index contributed by atoms with van der Waals surface area (Å²) in [7, 11) is 1.79. The first-order valence-electron chi connectivity index (χ1n) is 9.90. The van der Waals surface area contributed by atoms with Crippen LogP contribution in [0.1, 0.15) is 39.2 Å². The Bertz CT molecular complexity index is 921. The molecule has 2 aromatic heterocycles. The zero-order valence-corrected chi connectivity index (χ0v) is 17.2. The number of nitrogens with one attached hydrogen (secondary N) is 1. The number of nitrogens with zero attached hydrogens (tertiary/aromatic N) is 3. The summed E-state index contributed by atoms with van der Waals surface area (Å²) in [5, 5.41) is 13.4. The Morgan fingerprint density at radius 1 is 1.29 bits per heavy atom. The van der Waals surface area contributed by atoms with Crippen molar-refractivity contribution in [3.8, 4) is 0 Å². The SMILES string of the molecule is Cn1c(=O)ccc2nccc(CC[N+]3(C(C)(C)C)CCC(NC(=O)[O-])CC3)c21. The molecular formula is C21H30N4O3. The largest absolute Gasteiger partial charge is 0.530 e. The van der Waals surface area contributed by atoms with Crippen LogP contribution in [0.25, 0.3) is 11.0 Å². The van der Waals surface area contributed by atoms with E-state index in [0.29, 0.717) is 0 Å². The van der Waals surface area contributed by atoms with Crippen molar-refractivity contribution >= 4 is 17.1 Å². The van der Waals surface area contributed by atoms with Crippen LogP contribution in [0.4, 0.5) is 4.79 Å².